The van der Waals surface area contributed by atoms with Crippen LogP contribution in [-0.2, 0) is 14.4 Å². The summed E-state index contributed by atoms with van der Waals surface area (Å²) in [5.41, 5.74) is 3.71. The highest BCUT2D eigenvalue weighted by Crippen LogP contribution is 2.24. The molecule has 0 bridgehead atoms. The van der Waals surface area contributed by atoms with Gasteiger partial charge in [0.1, 0.15) is 0 Å². The first-order valence-corrected chi connectivity index (χ1v) is 6.88. The summed E-state index contributed by atoms with van der Waals surface area (Å²) >= 11 is 11.4. The van der Waals surface area contributed by atoms with Crippen molar-refractivity contribution in [3.05, 3.63) is 40.0 Å². The first-order chi connectivity index (χ1) is 11.0. The number of benzene rings is 1. The number of anilines is 1. The minimum Gasteiger partial charge on any atom is -0.318 e. The highest BCUT2D eigenvalue weighted by molar-refractivity contribution is 6.42. The molecule has 1 aromatic carbocycles. The Balaban J connectivity index is 2.58. The Morgan fingerprint density at radius 1 is 1.04 bits per heavy atom. The smallest absolute Gasteiger partial charge is 0.318 e. The van der Waals surface area contributed by atoms with E-state index in [1.54, 1.807) is 0 Å². The Kier molecular flexibility index (Phi) is 6.61. The molecule has 2 amide bonds. The molecule has 130 valence electrons. The average molecular weight is 384 g/mol. The highest BCUT2D eigenvalue weighted by Gasteiger charge is 2.36. The number of alkyl halides is 3. The lowest BCUT2D eigenvalue weighted by Crippen LogP contribution is -2.43. The molecule has 11 heteroatoms. The lowest BCUT2D eigenvalue weighted by atomic mass is 10.3. The van der Waals surface area contributed by atoms with Crippen molar-refractivity contribution in [2.45, 2.75) is 13.1 Å². The number of amides is 2. The van der Waals surface area contributed by atoms with Crippen molar-refractivity contribution in [3.63, 3.8) is 0 Å². The van der Waals surface area contributed by atoms with Gasteiger partial charge in [-0.15, -0.1) is 0 Å². The van der Waals surface area contributed by atoms with Gasteiger partial charge in [-0.2, -0.15) is 13.2 Å². The van der Waals surface area contributed by atoms with Gasteiger partial charge in [0.25, 0.3) is 5.78 Å². The third-order valence-electron chi connectivity index (χ3n) is 2.38. The fraction of sp³-hybridized carbons (Fsp3) is 0.154. The molecule has 24 heavy (non-hydrogen) atoms. The minimum absolute atomic E-state index is 0.150. The maximum Gasteiger partial charge on any atom is 0.454 e. The number of halogens is 5. The summed E-state index contributed by atoms with van der Waals surface area (Å²) in [5, 5.41) is 2.59. The van der Waals surface area contributed by atoms with E-state index in [1.807, 2.05) is 10.9 Å². The van der Waals surface area contributed by atoms with E-state index in [0.717, 1.165) is 6.92 Å². The molecule has 0 saturated carbocycles. The molecule has 0 aromatic heterocycles. The summed E-state index contributed by atoms with van der Waals surface area (Å²) in [6.07, 6.45) is -4.80. The van der Waals surface area contributed by atoms with E-state index in [4.69, 9.17) is 23.2 Å². The molecule has 0 spiro atoms. The van der Waals surface area contributed by atoms with E-state index in [1.165, 1.54) is 18.2 Å². The normalized spacial score (nSPS) is 11.7. The van der Waals surface area contributed by atoms with Crippen molar-refractivity contribution in [1.82, 2.24) is 10.9 Å². The molecule has 0 heterocycles. The van der Waals surface area contributed by atoms with Crippen LogP contribution in [0, 0.1) is 0 Å². The van der Waals surface area contributed by atoms with Crippen LogP contribution in [0.5, 0.6) is 0 Å². The number of hydrogen-bond donors (Lipinski definition) is 3. The summed E-state index contributed by atoms with van der Waals surface area (Å²) in [6.45, 7) is 1.10. The summed E-state index contributed by atoms with van der Waals surface area (Å²) in [7, 11) is 0. The topological polar surface area (TPSA) is 87.3 Å². The molecule has 0 fully saturated rings. The molecule has 1 rings (SSSR count). The van der Waals surface area contributed by atoms with E-state index >= 15 is 0 Å². The number of hydrazine groups is 1. The van der Waals surface area contributed by atoms with Crippen LogP contribution in [0.25, 0.3) is 0 Å². The molecule has 0 aliphatic carbocycles. The standard InChI is InChI=1S/C13H10Cl2F3N3O3/c1-6(4-10(22)13(16,17)18)20-21-12(24)11(23)19-7-2-3-8(14)9(15)5-7/h2-5,20H,1H3,(H,19,23)(H,21,24). The van der Waals surface area contributed by atoms with E-state index in [0.29, 0.717) is 0 Å². The molecule has 0 aliphatic rings. The summed E-state index contributed by atoms with van der Waals surface area (Å²) in [5.74, 6) is -4.42. The first kappa shape index (κ1) is 19.8. The van der Waals surface area contributed by atoms with Crippen molar-refractivity contribution < 1.29 is 27.6 Å². The highest BCUT2D eigenvalue weighted by atomic mass is 35.5. The fourth-order valence-electron chi connectivity index (χ4n) is 1.29. The molecule has 0 radical (unpaired) electrons. The molecule has 1 aromatic rings. The maximum absolute atomic E-state index is 12.0. The van der Waals surface area contributed by atoms with Crippen LogP contribution < -0.4 is 16.2 Å². The van der Waals surface area contributed by atoms with Crippen LogP contribution in [0.2, 0.25) is 10.0 Å². The van der Waals surface area contributed by atoms with E-state index in [9.17, 15) is 27.6 Å². The van der Waals surface area contributed by atoms with E-state index < -0.39 is 23.8 Å². The van der Waals surface area contributed by atoms with E-state index in [2.05, 4.69) is 5.32 Å². The van der Waals surface area contributed by atoms with Crippen LogP contribution in [-0.4, -0.2) is 23.8 Å². The predicted octanol–water partition coefficient (Wildman–Crippen LogP) is 2.59. The zero-order valence-corrected chi connectivity index (χ0v) is 13.4. The van der Waals surface area contributed by atoms with Gasteiger partial charge in [-0.25, -0.2) is 0 Å². The molecular weight excluding hydrogens is 374 g/mol. The second kappa shape index (κ2) is 8.02. The molecule has 0 unspecified atom stereocenters. The zero-order valence-electron chi connectivity index (χ0n) is 11.9. The Hall–Kier alpha value is -2.26. The van der Waals surface area contributed by atoms with Gasteiger partial charge in [0, 0.05) is 17.5 Å². The molecule has 6 nitrogen and oxygen atoms in total. The van der Waals surface area contributed by atoms with Gasteiger partial charge in [0.2, 0.25) is 0 Å². The average Bonchev–Trinajstić information content (AvgIpc) is 2.47. The Morgan fingerprint density at radius 3 is 2.21 bits per heavy atom. The Morgan fingerprint density at radius 2 is 1.67 bits per heavy atom. The lowest BCUT2D eigenvalue weighted by Gasteiger charge is -2.10. The summed E-state index contributed by atoms with van der Waals surface area (Å²) in [4.78, 5) is 33.8. The SMILES string of the molecule is CC(=CC(=O)C(F)(F)F)NNC(=O)C(=O)Nc1ccc(Cl)c(Cl)c1. The van der Waals surface area contributed by atoms with Crippen LogP contribution in [0.1, 0.15) is 6.92 Å². The maximum atomic E-state index is 12.0. The number of carbonyl (C=O) groups is 3. The molecule has 0 aliphatic heterocycles. The number of hydrogen-bond acceptors (Lipinski definition) is 4. The third-order valence-corrected chi connectivity index (χ3v) is 3.12. The molecule has 3 N–H and O–H groups in total. The number of nitrogens with one attached hydrogen (secondary N) is 3. The van der Waals surface area contributed by atoms with Gasteiger partial charge in [0.05, 0.1) is 10.0 Å². The van der Waals surface area contributed by atoms with Crippen LogP contribution >= 0.6 is 23.2 Å². The predicted molar refractivity (Wildman–Crippen MR) is 81.2 cm³/mol. The number of ketones is 1. The quantitative estimate of drug-likeness (QED) is 0.423. The Labute approximate surface area is 144 Å². The van der Waals surface area contributed by atoms with Gasteiger partial charge in [-0.1, -0.05) is 23.2 Å². The Bertz CT molecular complexity index is 705. The van der Waals surface area contributed by atoms with Gasteiger partial charge in [-0.3, -0.25) is 19.8 Å². The first-order valence-electron chi connectivity index (χ1n) is 6.12. The zero-order chi connectivity index (χ0) is 18.5. The largest absolute Gasteiger partial charge is 0.454 e. The van der Waals surface area contributed by atoms with Crippen molar-refractivity contribution >= 4 is 46.5 Å². The lowest BCUT2D eigenvalue weighted by molar-refractivity contribution is -0.165. The van der Waals surface area contributed by atoms with Gasteiger partial charge in [-0.05, 0) is 25.1 Å². The second-order valence-electron chi connectivity index (χ2n) is 4.35. The number of allylic oxidation sites excluding steroid dienone is 2. The van der Waals surface area contributed by atoms with E-state index in [-0.39, 0.29) is 27.5 Å². The molecule has 0 saturated heterocycles. The molecular formula is C13H10Cl2F3N3O3. The number of carbonyl (C=O) groups excluding carboxylic acids is 3. The van der Waals surface area contributed by atoms with Crippen LogP contribution in [0.15, 0.2) is 30.0 Å². The molecule has 0 atom stereocenters. The van der Waals surface area contributed by atoms with Gasteiger partial charge >= 0.3 is 18.0 Å². The fourth-order valence-corrected chi connectivity index (χ4v) is 1.59. The van der Waals surface area contributed by atoms with Crippen LogP contribution in [0.4, 0.5) is 18.9 Å². The third kappa shape index (κ3) is 6.09. The summed E-state index contributed by atoms with van der Waals surface area (Å²) < 4.78 is 36.1. The monoisotopic (exact) mass is 383 g/mol. The van der Waals surface area contributed by atoms with Crippen molar-refractivity contribution in [2.75, 3.05) is 5.32 Å². The van der Waals surface area contributed by atoms with Gasteiger partial charge in [0.15, 0.2) is 0 Å². The van der Waals surface area contributed by atoms with Crippen LogP contribution in [0.3, 0.4) is 0 Å². The summed E-state index contributed by atoms with van der Waals surface area (Å²) in [6, 6.07) is 4.08. The number of rotatable bonds is 4. The second-order valence-corrected chi connectivity index (χ2v) is 5.17. The van der Waals surface area contributed by atoms with Crippen molar-refractivity contribution in [2.24, 2.45) is 0 Å². The van der Waals surface area contributed by atoms with Gasteiger partial charge < -0.3 is 10.7 Å². The van der Waals surface area contributed by atoms with Crippen molar-refractivity contribution in [1.29, 1.82) is 0 Å². The van der Waals surface area contributed by atoms with Crippen molar-refractivity contribution in [3.8, 4) is 0 Å². The minimum atomic E-state index is -5.03.